The Morgan fingerprint density at radius 1 is 1.30 bits per heavy atom. The number of benzene rings is 1. The van der Waals surface area contributed by atoms with Gasteiger partial charge in [0.1, 0.15) is 0 Å². The lowest BCUT2D eigenvalue weighted by molar-refractivity contribution is -0.0897. The first-order valence-corrected chi connectivity index (χ1v) is 7.95. The van der Waals surface area contributed by atoms with E-state index in [4.69, 9.17) is 10.5 Å². The van der Waals surface area contributed by atoms with E-state index in [1.165, 1.54) is 29.5 Å². The molecule has 1 aliphatic rings. The van der Waals surface area contributed by atoms with E-state index in [1.807, 2.05) is 0 Å². The minimum atomic E-state index is -0.167. The Bertz CT molecular complexity index is 447. The van der Waals surface area contributed by atoms with Gasteiger partial charge in [0.25, 0.3) is 0 Å². The summed E-state index contributed by atoms with van der Waals surface area (Å²) in [6.07, 6.45) is 4.60. The van der Waals surface area contributed by atoms with E-state index in [-0.39, 0.29) is 11.6 Å². The van der Waals surface area contributed by atoms with Gasteiger partial charge in [-0.1, -0.05) is 30.7 Å². The van der Waals surface area contributed by atoms with E-state index in [9.17, 15) is 0 Å². The van der Waals surface area contributed by atoms with Crippen molar-refractivity contribution >= 4 is 0 Å². The summed E-state index contributed by atoms with van der Waals surface area (Å²) in [7, 11) is 0. The SMILES string of the molecule is CCOC1(C(N)c2cc(C)ccc2C)CCC(C)CC1. The molecule has 1 fully saturated rings. The van der Waals surface area contributed by atoms with Gasteiger partial charge in [-0.2, -0.15) is 0 Å². The zero-order valence-electron chi connectivity index (χ0n) is 13.4. The van der Waals surface area contributed by atoms with Gasteiger partial charge in [0, 0.05) is 6.61 Å². The number of hydrogen-bond donors (Lipinski definition) is 1. The maximum atomic E-state index is 6.68. The zero-order valence-corrected chi connectivity index (χ0v) is 13.4. The quantitative estimate of drug-likeness (QED) is 0.889. The highest BCUT2D eigenvalue weighted by atomic mass is 16.5. The smallest absolute Gasteiger partial charge is 0.0874 e. The lowest BCUT2D eigenvalue weighted by Crippen LogP contribution is -2.46. The summed E-state index contributed by atoms with van der Waals surface area (Å²) >= 11 is 0. The summed E-state index contributed by atoms with van der Waals surface area (Å²) in [4.78, 5) is 0. The molecule has 2 nitrogen and oxygen atoms in total. The molecule has 0 radical (unpaired) electrons. The van der Waals surface area contributed by atoms with Gasteiger partial charge in [0.05, 0.1) is 11.6 Å². The molecule has 20 heavy (non-hydrogen) atoms. The molecule has 1 aromatic rings. The summed E-state index contributed by atoms with van der Waals surface area (Å²) in [5.74, 6) is 0.800. The molecule has 0 bridgehead atoms. The van der Waals surface area contributed by atoms with Gasteiger partial charge >= 0.3 is 0 Å². The van der Waals surface area contributed by atoms with Gasteiger partial charge < -0.3 is 10.5 Å². The largest absolute Gasteiger partial charge is 0.373 e. The van der Waals surface area contributed by atoms with E-state index in [0.29, 0.717) is 0 Å². The number of rotatable bonds is 4. The van der Waals surface area contributed by atoms with Crippen molar-refractivity contribution in [2.24, 2.45) is 11.7 Å². The molecule has 2 heteroatoms. The average molecular weight is 275 g/mol. The fourth-order valence-corrected chi connectivity index (χ4v) is 3.46. The van der Waals surface area contributed by atoms with Crippen molar-refractivity contribution in [1.29, 1.82) is 0 Å². The normalized spacial score (nSPS) is 28.4. The van der Waals surface area contributed by atoms with Crippen molar-refractivity contribution in [1.82, 2.24) is 0 Å². The first-order chi connectivity index (χ1) is 9.48. The van der Waals surface area contributed by atoms with Gasteiger partial charge in [0.2, 0.25) is 0 Å². The van der Waals surface area contributed by atoms with Crippen molar-refractivity contribution < 1.29 is 4.74 Å². The maximum Gasteiger partial charge on any atom is 0.0874 e. The molecule has 1 aromatic carbocycles. The van der Waals surface area contributed by atoms with Crippen LogP contribution in [0.15, 0.2) is 18.2 Å². The Kier molecular flexibility index (Phi) is 4.87. The van der Waals surface area contributed by atoms with Crippen LogP contribution < -0.4 is 5.73 Å². The number of aryl methyl sites for hydroxylation is 2. The summed E-state index contributed by atoms with van der Waals surface area (Å²) in [6, 6.07) is 6.55. The standard InChI is InChI=1S/C18H29NO/c1-5-20-18(10-8-13(2)9-11-18)17(19)16-12-14(3)6-7-15(16)4/h6-7,12-13,17H,5,8-11,19H2,1-4H3. The Morgan fingerprint density at radius 3 is 2.55 bits per heavy atom. The van der Waals surface area contributed by atoms with Crippen LogP contribution in [0.2, 0.25) is 0 Å². The number of nitrogens with two attached hydrogens (primary N) is 1. The minimum Gasteiger partial charge on any atom is -0.373 e. The second-order valence-electron chi connectivity index (χ2n) is 6.52. The van der Waals surface area contributed by atoms with Crippen LogP contribution in [-0.2, 0) is 4.74 Å². The molecule has 1 saturated carbocycles. The van der Waals surface area contributed by atoms with Gasteiger partial charge in [-0.15, -0.1) is 0 Å². The van der Waals surface area contributed by atoms with Crippen molar-refractivity contribution in [3.63, 3.8) is 0 Å². The summed E-state index contributed by atoms with van der Waals surface area (Å²) in [5.41, 5.74) is 10.3. The van der Waals surface area contributed by atoms with Crippen LogP contribution in [0.1, 0.15) is 62.3 Å². The van der Waals surface area contributed by atoms with Crippen LogP contribution in [0.4, 0.5) is 0 Å². The number of ether oxygens (including phenoxy) is 1. The molecule has 0 amide bonds. The van der Waals surface area contributed by atoms with Crippen LogP contribution >= 0.6 is 0 Å². The molecular weight excluding hydrogens is 246 g/mol. The first kappa shape index (κ1) is 15.5. The second-order valence-corrected chi connectivity index (χ2v) is 6.52. The third-order valence-electron chi connectivity index (χ3n) is 4.89. The zero-order chi connectivity index (χ0) is 14.8. The lowest BCUT2D eigenvalue weighted by Gasteiger charge is -2.44. The number of hydrogen-bond acceptors (Lipinski definition) is 2. The molecule has 0 aromatic heterocycles. The highest BCUT2D eigenvalue weighted by Crippen LogP contribution is 2.42. The van der Waals surface area contributed by atoms with E-state index in [2.05, 4.69) is 45.9 Å². The monoisotopic (exact) mass is 275 g/mol. The van der Waals surface area contributed by atoms with Gasteiger partial charge in [-0.25, -0.2) is 0 Å². The summed E-state index contributed by atoms with van der Waals surface area (Å²) in [5, 5.41) is 0. The fourth-order valence-electron chi connectivity index (χ4n) is 3.46. The molecule has 0 heterocycles. The first-order valence-electron chi connectivity index (χ1n) is 7.95. The lowest BCUT2D eigenvalue weighted by atomic mass is 9.73. The van der Waals surface area contributed by atoms with Gasteiger partial charge in [0.15, 0.2) is 0 Å². The molecule has 0 spiro atoms. The van der Waals surface area contributed by atoms with Crippen molar-refractivity contribution in [2.45, 2.75) is 65.0 Å². The summed E-state index contributed by atoms with van der Waals surface area (Å²) in [6.45, 7) is 9.44. The van der Waals surface area contributed by atoms with E-state index >= 15 is 0 Å². The third-order valence-corrected chi connectivity index (χ3v) is 4.89. The van der Waals surface area contributed by atoms with Crippen molar-refractivity contribution in [2.75, 3.05) is 6.61 Å². The van der Waals surface area contributed by atoms with Crippen molar-refractivity contribution in [3.05, 3.63) is 34.9 Å². The van der Waals surface area contributed by atoms with Crippen LogP contribution in [0.3, 0.4) is 0 Å². The van der Waals surface area contributed by atoms with E-state index in [0.717, 1.165) is 25.4 Å². The van der Waals surface area contributed by atoms with Crippen LogP contribution in [-0.4, -0.2) is 12.2 Å². The Hall–Kier alpha value is -0.860. The topological polar surface area (TPSA) is 35.2 Å². The van der Waals surface area contributed by atoms with E-state index < -0.39 is 0 Å². The molecule has 1 unspecified atom stereocenters. The van der Waals surface area contributed by atoms with Gasteiger partial charge in [-0.05, 0) is 63.5 Å². The molecule has 1 atom stereocenters. The molecule has 2 rings (SSSR count). The third kappa shape index (κ3) is 3.07. The van der Waals surface area contributed by atoms with Crippen molar-refractivity contribution in [3.8, 4) is 0 Å². The van der Waals surface area contributed by atoms with E-state index in [1.54, 1.807) is 0 Å². The van der Waals surface area contributed by atoms with Crippen LogP contribution in [0, 0.1) is 19.8 Å². The minimum absolute atomic E-state index is 0.0187. The molecule has 1 aliphatic carbocycles. The predicted octanol–water partition coefficient (Wildman–Crippen LogP) is 4.29. The fraction of sp³-hybridized carbons (Fsp3) is 0.667. The Balaban J connectivity index is 2.31. The highest BCUT2D eigenvalue weighted by molar-refractivity contribution is 5.34. The maximum absolute atomic E-state index is 6.68. The van der Waals surface area contributed by atoms with Gasteiger partial charge in [-0.3, -0.25) is 0 Å². The molecule has 112 valence electrons. The molecule has 2 N–H and O–H groups in total. The Labute approximate surface area is 123 Å². The molecular formula is C18H29NO. The van der Waals surface area contributed by atoms with Crippen LogP contribution in [0.25, 0.3) is 0 Å². The highest BCUT2D eigenvalue weighted by Gasteiger charge is 2.41. The Morgan fingerprint density at radius 2 is 1.95 bits per heavy atom. The predicted molar refractivity (Wildman–Crippen MR) is 84.8 cm³/mol. The molecule has 0 saturated heterocycles. The van der Waals surface area contributed by atoms with Crippen LogP contribution in [0.5, 0.6) is 0 Å². The second kappa shape index (κ2) is 6.28. The molecule has 0 aliphatic heterocycles. The average Bonchev–Trinajstić information content (AvgIpc) is 2.44. The summed E-state index contributed by atoms with van der Waals surface area (Å²) < 4.78 is 6.20.